The normalized spacial score (nSPS) is 25.1. The minimum atomic E-state index is -4.57. The van der Waals surface area contributed by atoms with Crippen LogP contribution in [0.2, 0.25) is 0 Å². The van der Waals surface area contributed by atoms with Crippen molar-refractivity contribution in [3.8, 4) is 0 Å². The highest BCUT2D eigenvalue weighted by Gasteiger charge is 2.59. The van der Waals surface area contributed by atoms with Crippen molar-refractivity contribution in [3.63, 3.8) is 0 Å². The maximum Gasteiger partial charge on any atom is 0.416 e. The first-order valence-electron chi connectivity index (χ1n) is 6.12. The minimum absolute atomic E-state index is 0.0308. The summed E-state index contributed by atoms with van der Waals surface area (Å²) >= 11 is 0. The van der Waals surface area contributed by atoms with Gasteiger partial charge in [-0.2, -0.15) is 13.2 Å². The van der Waals surface area contributed by atoms with E-state index in [1.54, 1.807) is 0 Å². The summed E-state index contributed by atoms with van der Waals surface area (Å²) in [5.74, 6) is -1.50. The number of hydrogen-bond donors (Lipinski definition) is 1. The predicted molar refractivity (Wildman–Crippen MR) is 63.4 cm³/mol. The van der Waals surface area contributed by atoms with E-state index < -0.39 is 23.6 Å². The lowest BCUT2D eigenvalue weighted by Gasteiger charge is -2.19. The topological polar surface area (TPSA) is 63.4 Å². The van der Waals surface area contributed by atoms with Crippen molar-refractivity contribution in [3.05, 3.63) is 29.3 Å². The quantitative estimate of drug-likeness (QED) is 0.840. The number of anilines is 1. The molecule has 0 spiro atoms. The molecule has 0 bridgehead atoms. The molecule has 2 N–H and O–H groups in total. The molecule has 2 amide bonds. The van der Waals surface area contributed by atoms with Gasteiger partial charge in [-0.25, -0.2) is 0 Å². The molecule has 1 heterocycles. The van der Waals surface area contributed by atoms with Crippen LogP contribution in [0.1, 0.15) is 17.5 Å². The zero-order chi connectivity index (χ0) is 14.7. The Morgan fingerprint density at radius 2 is 1.80 bits per heavy atom. The number of piperidine rings is 1. The number of alkyl halides is 3. The molecule has 2 unspecified atom stereocenters. The zero-order valence-electron chi connectivity index (χ0n) is 10.3. The average Bonchev–Trinajstić information content (AvgIpc) is 3.13. The number of carbonyl (C=O) groups is 2. The largest absolute Gasteiger partial charge is 0.416 e. The van der Waals surface area contributed by atoms with E-state index in [2.05, 4.69) is 0 Å². The van der Waals surface area contributed by atoms with Gasteiger partial charge in [0.25, 0.3) is 0 Å². The highest BCUT2D eigenvalue weighted by Crippen LogP contribution is 2.48. The molecule has 2 aliphatic rings. The number of carbonyl (C=O) groups excluding carboxylic acids is 2. The summed E-state index contributed by atoms with van der Waals surface area (Å²) in [5, 5.41) is 0. The third kappa shape index (κ3) is 1.81. The van der Waals surface area contributed by atoms with Crippen LogP contribution in [0.15, 0.2) is 18.2 Å². The maximum absolute atomic E-state index is 12.9. The van der Waals surface area contributed by atoms with Crippen LogP contribution in [0.5, 0.6) is 0 Å². The van der Waals surface area contributed by atoms with Crippen LogP contribution in [0.25, 0.3) is 0 Å². The summed E-state index contributed by atoms with van der Waals surface area (Å²) in [6, 6.07) is 3.36. The van der Waals surface area contributed by atoms with Gasteiger partial charge in [-0.05, 0) is 24.1 Å². The summed E-state index contributed by atoms with van der Waals surface area (Å²) in [7, 11) is 0. The minimum Gasteiger partial charge on any atom is -0.326 e. The molecule has 0 radical (unpaired) electrons. The highest BCUT2D eigenvalue weighted by atomic mass is 19.4. The smallest absolute Gasteiger partial charge is 0.326 e. The molecule has 1 aliphatic carbocycles. The van der Waals surface area contributed by atoms with Crippen molar-refractivity contribution < 1.29 is 22.8 Å². The third-order valence-corrected chi connectivity index (χ3v) is 3.74. The Morgan fingerprint density at radius 3 is 2.30 bits per heavy atom. The van der Waals surface area contributed by atoms with Crippen molar-refractivity contribution in [2.45, 2.75) is 19.1 Å². The molecule has 3 rings (SSSR count). The Labute approximate surface area is 112 Å². The predicted octanol–water partition coefficient (Wildman–Crippen LogP) is 1.67. The molecule has 1 aliphatic heterocycles. The summed E-state index contributed by atoms with van der Waals surface area (Å²) in [6.45, 7) is -0.262. The molecule has 1 saturated carbocycles. The first kappa shape index (κ1) is 13.1. The van der Waals surface area contributed by atoms with Gasteiger partial charge in [0, 0.05) is 6.54 Å². The highest BCUT2D eigenvalue weighted by molar-refractivity contribution is 6.24. The van der Waals surface area contributed by atoms with Crippen LogP contribution in [0.3, 0.4) is 0 Å². The van der Waals surface area contributed by atoms with Crippen LogP contribution in [-0.2, 0) is 22.3 Å². The van der Waals surface area contributed by atoms with Crippen LogP contribution >= 0.6 is 0 Å². The van der Waals surface area contributed by atoms with E-state index >= 15 is 0 Å². The molecule has 1 aromatic carbocycles. The van der Waals surface area contributed by atoms with Crippen LogP contribution in [0.4, 0.5) is 18.9 Å². The lowest BCUT2D eigenvalue weighted by Crippen LogP contribution is -2.33. The first-order valence-corrected chi connectivity index (χ1v) is 6.12. The fraction of sp³-hybridized carbons (Fsp3) is 0.385. The zero-order valence-corrected chi connectivity index (χ0v) is 10.3. The summed E-state index contributed by atoms with van der Waals surface area (Å²) in [6.07, 6.45) is -4.05. The van der Waals surface area contributed by atoms with E-state index in [4.69, 9.17) is 5.73 Å². The fourth-order valence-corrected chi connectivity index (χ4v) is 2.58. The number of benzene rings is 1. The van der Waals surface area contributed by atoms with Gasteiger partial charge in [0.05, 0.1) is 23.1 Å². The molecule has 2 atom stereocenters. The number of hydrogen-bond acceptors (Lipinski definition) is 3. The van der Waals surface area contributed by atoms with Gasteiger partial charge in [0.15, 0.2) is 0 Å². The molecule has 1 saturated heterocycles. The maximum atomic E-state index is 12.9. The second kappa shape index (κ2) is 4.05. The van der Waals surface area contributed by atoms with Gasteiger partial charge in [-0.1, -0.05) is 6.07 Å². The molecule has 2 fully saturated rings. The molecular weight excluding hydrogens is 273 g/mol. The van der Waals surface area contributed by atoms with Gasteiger partial charge >= 0.3 is 6.18 Å². The molecule has 4 nitrogen and oxygen atoms in total. The van der Waals surface area contributed by atoms with E-state index in [9.17, 15) is 22.8 Å². The number of amides is 2. The van der Waals surface area contributed by atoms with E-state index in [0.717, 1.165) is 11.0 Å². The average molecular weight is 284 g/mol. The number of nitrogens with two attached hydrogens (primary N) is 1. The Hall–Kier alpha value is -1.89. The number of halogens is 3. The number of rotatable bonds is 2. The summed E-state index contributed by atoms with van der Waals surface area (Å²) in [4.78, 5) is 24.6. The monoisotopic (exact) mass is 284 g/mol. The summed E-state index contributed by atoms with van der Waals surface area (Å²) < 4.78 is 38.8. The fourth-order valence-electron chi connectivity index (χ4n) is 2.58. The van der Waals surface area contributed by atoms with Crippen molar-refractivity contribution in [2.75, 3.05) is 4.90 Å². The standard InChI is InChI=1S/C13H11F3N2O2/c14-13(15,16)10-3-7(2-1-6(10)5-17)18-11(19)8-4-9(8)12(18)20/h1-3,8-9H,4-5,17H2. The molecule has 7 heteroatoms. The summed E-state index contributed by atoms with van der Waals surface area (Å²) in [5.41, 5.74) is 4.29. The van der Waals surface area contributed by atoms with Crippen LogP contribution in [0, 0.1) is 11.8 Å². The van der Waals surface area contributed by atoms with Gasteiger partial charge in [-0.3, -0.25) is 14.5 Å². The van der Waals surface area contributed by atoms with Crippen molar-refractivity contribution in [2.24, 2.45) is 17.6 Å². The van der Waals surface area contributed by atoms with Crippen molar-refractivity contribution in [1.29, 1.82) is 0 Å². The Balaban J connectivity index is 2.03. The van der Waals surface area contributed by atoms with Crippen molar-refractivity contribution >= 4 is 17.5 Å². The molecule has 20 heavy (non-hydrogen) atoms. The van der Waals surface area contributed by atoms with E-state index in [1.807, 2.05) is 0 Å². The number of imide groups is 1. The van der Waals surface area contributed by atoms with E-state index in [0.29, 0.717) is 6.42 Å². The Bertz CT molecular complexity index is 592. The lowest BCUT2D eigenvalue weighted by atomic mass is 10.1. The Kier molecular flexibility index (Phi) is 2.66. The second-order valence-electron chi connectivity index (χ2n) is 5.00. The Morgan fingerprint density at radius 1 is 1.20 bits per heavy atom. The van der Waals surface area contributed by atoms with Gasteiger partial charge in [-0.15, -0.1) is 0 Å². The van der Waals surface area contributed by atoms with Crippen LogP contribution in [-0.4, -0.2) is 11.8 Å². The van der Waals surface area contributed by atoms with Gasteiger partial charge in [0.2, 0.25) is 11.8 Å². The second-order valence-corrected chi connectivity index (χ2v) is 5.00. The SMILES string of the molecule is NCc1ccc(N2C(=O)C3CC3C2=O)cc1C(F)(F)F. The lowest BCUT2D eigenvalue weighted by molar-refractivity contribution is -0.138. The van der Waals surface area contributed by atoms with Crippen molar-refractivity contribution in [1.82, 2.24) is 0 Å². The van der Waals surface area contributed by atoms with E-state index in [1.165, 1.54) is 12.1 Å². The molecule has 0 aromatic heterocycles. The molecular formula is C13H11F3N2O2. The first-order chi connectivity index (χ1) is 9.34. The van der Waals surface area contributed by atoms with Gasteiger partial charge in [0.1, 0.15) is 0 Å². The number of fused-ring (bicyclic) bond motifs is 1. The van der Waals surface area contributed by atoms with Gasteiger partial charge < -0.3 is 5.73 Å². The molecule has 1 aromatic rings. The molecule has 106 valence electrons. The van der Waals surface area contributed by atoms with Crippen LogP contribution < -0.4 is 10.6 Å². The number of nitrogens with zero attached hydrogens (tertiary/aromatic N) is 1. The van der Waals surface area contributed by atoms with E-state index in [-0.39, 0.29) is 29.6 Å². The third-order valence-electron chi connectivity index (χ3n) is 3.74.